The van der Waals surface area contributed by atoms with Gasteiger partial charge in [0.2, 0.25) is 0 Å². The predicted octanol–water partition coefficient (Wildman–Crippen LogP) is 2.44. The number of rotatable bonds is 3. The number of aromatic nitrogens is 2. The van der Waals surface area contributed by atoms with Crippen LogP contribution >= 0.6 is 0 Å². The van der Waals surface area contributed by atoms with E-state index < -0.39 is 0 Å². The van der Waals surface area contributed by atoms with Gasteiger partial charge in [0, 0.05) is 29.3 Å². The molecular formula is C17H17N3O. The Balaban J connectivity index is 2.02. The van der Waals surface area contributed by atoms with E-state index in [1.165, 1.54) is 16.6 Å². The molecule has 0 saturated carbocycles. The van der Waals surface area contributed by atoms with Crippen LogP contribution in [-0.2, 0) is 12.8 Å². The molecule has 1 aliphatic rings. The van der Waals surface area contributed by atoms with Crippen molar-refractivity contribution in [2.24, 2.45) is 5.73 Å². The Morgan fingerprint density at radius 2 is 2.05 bits per heavy atom. The molecule has 1 aromatic carbocycles. The third-order valence-corrected chi connectivity index (χ3v) is 4.01. The molecule has 0 amide bonds. The van der Waals surface area contributed by atoms with Crippen LogP contribution < -0.4 is 10.5 Å². The Kier molecular flexibility index (Phi) is 2.89. The molecule has 4 heteroatoms. The fourth-order valence-electron chi connectivity index (χ4n) is 3.10. The largest absolute Gasteiger partial charge is 0.493 e. The van der Waals surface area contributed by atoms with Gasteiger partial charge in [-0.15, -0.1) is 0 Å². The van der Waals surface area contributed by atoms with E-state index in [2.05, 4.69) is 12.1 Å². The average Bonchev–Trinajstić information content (AvgIpc) is 3.12. The number of hydrogen-bond acceptors (Lipinski definition) is 3. The van der Waals surface area contributed by atoms with E-state index in [0.29, 0.717) is 6.54 Å². The average molecular weight is 279 g/mol. The quantitative estimate of drug-likeness (QED) is 0.801. The Morgan fingerprint density at radius 1 is 1.19 bits per heavy atom. The van der Waals surface area contributed by atoms with Gasteiger partial charge in [0.15, 0.2) is 0 Å². The van der Waals surface area contributed by atoms with Crippen LogP contribution in [0, 0.1) is 0 Å². The number of hydrogen-bond donors (Lipinski definition) is 1. The zero-order valence-corrected chi connectivity index (χ0v) is 11.7. The highest BCUT2D eigenvalue weighted by atomic mass is 16.5. The Bertz CT molecular complexity index is 793. The van der Waals surface area contributed by atoms with Crippen molar-refractivity contribution in [3.8, 4) is 17.0 Å². The third kappa shape index (κ3) is 1.91. The van der Waals surface area contributed by atoms with Crippen LogP contribution in [0.3, 0.4) is 0 Å². The number of nitrogens with two attached hydrogens (primary N) is 1. The van der Waals surface area contributed by atoms with E-state index >= 15 is 0 Å². The number of pyridine rings is 1. The Morgan fingerprint density at radius 3 is 2.86 bits per heavy atom. The first-order valence-electron chi connectivity index (χ1n) is 7.30. The lowest BCUT2D eigenvalue weighted by Gasteiger charge is -2.04. The zero-order valence-electron chi connectivity index (χ0n) is 11.7. The summed E-state index contributed by atoms with van der Waals surface area (Å²) in [6, 6.07) is 12.3. The Hall–Kier alpha value is -2.33. The number of nitrogens with zero attached hydrogens (tertiary/aromatic N) is 2. The van der Waals surface area contributed by atoms with Crippen molar-refractivity contribution in [2.75, 3.05) is 13.2 Å². The van der Waals surface area contributed by atoms with Gasteiger partial charge in [0.05, 0.1) is 17.8 Å². The molecule has 0 saturated heterocycles. The topological polar surface area (TPSA) is 52.5 Å². The maximum Gasteiger partial charge on any atom is 0.126 e. The summed E-state index contributed by atoms with van der Waals surface area (Å²) in [6.45, 7) is 1.37. The molecule has 2 aromatic heterocycles. The van der Waals surface area contributed by atoms with Crippen molar-refractivity contribution in [2.45, 2.75) is 12.8 Å². The first-order chi connectivity index (χ1) is 10.4. The molecular weight excluding hydrogens is 262 g/mol. The second-order valence-corrected chi connectivity index (χ2v) is 5.28. The van der Waals surface area contributed by atoms with Gasteiger partial charge in [-0.25, -0.2) is 4.52 Å². The van der Waals surface area contributed by atoms with Gasteiger partial charge in [0.25, 0.3) is 0 Å². The second kappa shape index (κ2) is 4.90. The van der Waals surface area contributed by atoms with Gasteiger partial charge in [0.1, 0.15) is 5.75 Å². The summed E-state index contributed by atoms with van der Waals surface area (Å²) in [5.41, 5.74) is 11.7. The lowest BCUT2D eigenvalue weighted by molar-refractivity contribution is 0.356. The van der Waals surface area contributed by atoms with E-state index in [1.54, 1.807) is 0 Å². The lowest BCUT2D eigenvalue weighted by atomic mass is 10.0. The minimum atomic E-state index is 0.617. The van der Waals surface area contributed by atoms with Crippen LogP contribution in [0.25, 0.3) is 16.8 Å². The molecule has 0 fully saturated rings. The number of benzene rings is 1. The molecule has 3 heterocycles. The summed E-state index contributed by atoms with van der Waals surface area (Å²) in [6.07, 6.45) is 3.74. The summed E-state index contributed by atoms with van der Waals surface area (Å²) < 4.78 is 7.66. The van der Waals surface area contributed by atoms with Crippen molar-refractivity contribution < 1.29 is 4.74 Å². The smallest absolute Gasteiger partial charge is 0.126 e. The zero-order chi connectivity index (χ0) is 14.2. The van der Waals surface area contributed by atoms with E-state index in [4.69, 9.17) is 15.6 Å². The van der Waals surface area contributed by atoms with E-state index in [0.717, 1.165) is 36.5 Å². The van der Waals surface area contributed by atoms with Crippen LogP contribution in [0.5, 0.6) is 5.75 Å². The minimum Gasteiger partial charge on any atom is -0.493 e. The van der Waals surface area contributed by atoms with Crippen LogP contribution in [0.15, 0.2) is 42.6 Å². The molecule has 0 unspecified atom stereocenters. The number of ether oxygens (including phenoxy) is 1. The van der Waals surface area contributed by atoms with Gasteiger partial charge in [-0.05, 0) is 19.0 Å². The van der Waals surface area contributed by atoms with Crippen LogP contribution in [-0.4, -0.2) is 22.8 Å². The fraction of sp³-hybridized carbons (Fsp3) is 0.235. The normalized spacial score (nSPS) is 13.4. The maximum absolute atomic E-state index is 5.83. The maximum atomic E-state index is 5.83. The summed E-state index contributed by atoms with van der Waals surface area (Å²) >= 11 is 0. The molecule has 21 heavy (non-hydrogen) atoms. The van der Waals surface area contributed by atoms with Crippen LogP contribution in [0.2, 0.25) is 0 Å². The van der Waals surface area contributed by atoms with Gasteiger partial charge in [-0.3, -0.25) is 0 Å². The lowest BCUT2D eigenvalue weighted by Crippen LogP contribution is -2.04. The standard InChI is InChI=1S/C17H17N3O/c18-9-6-14-16(12-4-2-1-3-5-12)19-20-10-7-15-13(17(14)20)8-11-21-15/h1-5,7,10H,6,8-9,11,18H2. The van der Waals surface area contributed by atoms with Crippen molar-refractivity contribution in [3.05, 3.63) is 53.7 Å². The van der Waals surface area contributed by atoms with Crippen LogP contribution in [0.1, 0.15) is 11.1 Å². The molecule has 0 atom stereocenters. The van der Waals surface area contributed by atoms with Crippen molar-refractivity contribution in [3.63, 3.8) is 0 Å². The molecule has 0 radical (unpaired) electrons. The molecule has 4 rings (SSSR count). The van der Waals surface area contributed by atoms with Crippen molar-refractivity contribution in [1.29, 1.82) is 0 Å². The first kappa shape index (κ1) is 12.4. The molecule has 3 aromatic rings. The summed E-state index contributed by atoms with van der Waals surface area (Å²) in [4.78, 5) is 0. The molecule has 2 N–H and O–H groups in total. The third-order valence-electron chi connectivity index (χ3n) is 4.01. The fourth-order valence-corrected chi connectivity index (χ4v) is 3.10. The highest BCUT2D eigenvalue weighted by molar-refractivity contribution is 5.77. The van der Waals surface area contributed by atoms with Gasteiger partial charge < -0.3 is 10.5 Å². The molecule has 106 valence electrons. The van der Waals surface area contributed by atoms with Crippen molar-refractivity contribution in [1.82, 2.24) is 9.61 Å². The SMILES string of the molecule is NCCc1c(-c2ccccc2)nn2ccc3c(c12)CCO3. The molecule has 1 aliphatic heterocycles. The van der Waals surface area contributed by atoms with E-state index in [-0.39, 0.29) is 0 Å². The highest BCUT2D eigenvalue weighted by Crippen LogP contribution is 2.35. The number of fused-ring (bicyclic) bond motifs is 3. The molecule has 0 spiro atoms. The van der Waals surface area contributed by atoms with E-state index in [1.807, 2.05) is 35.0 Å². The molecule has 0 aliphatic carbocycles. The van der Waals surface area contributed by atoms with Gasteiger partial charge in [-0.2, -0.15) is 5.10 Å². The van der Waals surface area contributed by atoms with E-state index in [9.17, 15) is 0 Å². The highest BCUT2D eigenvalue weighted by Gasteiger charge is 2.22. The summed E-state index contributed by atoms with van der Waals surface area (Å²) in [7, 11) is 0. The monoisotopic (exact) mass is 279 g/mol. The minimum absolute atomic E-state index is 0.617. The molecule has 4 nitrogen and oxygen atoms in total. The van der Waals surface area contributed by atoms with Gasteiger partial charge in [-0.1, -0.05) is 30.3 Å². The Labute approximate surface area is 123 Å². The second-order valence-electron chi connectivity index (χ2n) is 5.28. The van der Waals surface area contributed by atoms with Gasteiger partial charge >= 0.3 is 0 Å². The van der Waals surface area contributed by atoms with Crippen LogP contribution in [0.4, 0.5) is 0 Å². The molecule has 0 bridgehead atoms. The predicted molar refractivity (Wildman–Crippen MR) is 82.6 cm³/mol. The summed E-state index contributed by atoms with van der Waals surface area (Å²) in [5.74, 6) is 0.986. The first-order valence-corrected chi connectivity index (χ1v) is 7.30. The summed E-state index contributed by atoms with van der Waals surface area (Å²) in [5, 5.41) is 4.78. The van der Waals surface area contributed by atoms with Crippen molar-refractivity contribution >= 4 is 5.52 Å².